The Balaban J connectivity index is 1.74. The zero-order chi connectivity index (χ0) is 15.3. The largest absolute Gasteiger partial charge is 0.379 e. The van der Waals surface area contributed by atoms with Gasteiger partial charge >= 0.3 is 0 Å². The van der Waals surface area contributed by atoms with Gasteiger partial charge in [0.1, 0.15) is 0 Å². The fourth-order valence-corrected chi connectivity index (χ4v) is 2.48. The van der Waals surface area contributed by atoms with E-state index in [1.807, 2.05) is 0 Å². The maximum atomic E-state index is 5.79. The van der Waals surface area contributed by atoms with Crippen LogP contribution in [-0.2, 0) is 14.2 Å². The Morgan fingerprint density at radius 2 is 1.52 bits per heavy atom. The van der Waals surface area contributed by atoms with E-state index in [2.05, 4.69) is 18.9 Å². The van der Waals surface area contributed by atoms with Gasteiger partial charge in [-0.3, -0.25) is 0 Å². The highest BCUT2D eigenvalue weighted by atomic mass is 16.5. The summed E-state index contributed by atoms with van der Waals surface area (Å²) in [7, 11) is 2.15. The van der Waals surface area contributed by atoms with Gasteiger partial charge in [-0.25, -0.2) is 0 Å². The molecule has 0 spiro atoms. The lowest BCUT2D eigenvalue weighted by molar-refractivity contribution is 0.0100. The molecular weight excluding hydrogens is 268 g/mol. The summed E-state index contributed by atoms with van der Waals surface area (Å²) in [4.78, 5) is 2.33. The van der Waals surface area contributed by atoms with Crippen molar-refractivity contribution in [2.75, 3.05) is 59.8 Å². The molecular formula is C16H34N2O3. The second kappa shape index (κ2) is 12.4. The molecule has 126 valence electrons. The average Bonchev–Trinajstić information content (AvgIpc) is 2.43. The molecule has 0 heterocycles. The summed E-state index contributed by atoms with van der Waals surface area (Å²) in [6.45, 7) is 8.56. The SMILES string of the molecule is CCCCOCCOCCOCCN(C)CC1CC(N)C1. The molecule has 1 aliphatic carbocycles. The lowest BCUT2D eigenvalue weighted by atomic mass is 9.81. The van der Waals surface area contributed by atoms with Crippen molar-refractivity contribution in [2.24, 2.45) is 11.7 Å². The third-order valence-corrected chi connectivity index (χ3v) is 3.85. The van der Waals surface area contributed by atoms with E-state index in [4.69, 9.17) is 19.9 Å². The standard InChI is InChI=1S/C16H34N2O3/c1-3-4-6-19-8-10-21-11-9-20-7-5-18(2)14-15-12-16(17)13-15/h15-16H,3-14,17H2,1-2H3. The first kappa shape index (κ1) is 18.8. The van der Waals surface area contributed by atoms with E-state index >= 15 is 0 Å². The Morgan fingerprint density at radius 3 is 2.10 bits per heavy atom. The van der Waals surface area contributed by atoms with E-state index in [-0.39, 0.29) is 0 Å². The molecule has 0 aromatic rings. The van der Waals surface area contributed by atoms with E-state index in [1.54, 1.807) is 0 Å². The minimum Gasteiger partial charge on any atom is -0.379 e. The summed E-state index contributed by atoms with van der Waals surface area (Å²) >= 11 is 0. The van der Waals surface area contributed by atoms with Gasteiger partial charge in [0, 0.05) is 25.7 Å². The topological polar surface area (TPSA) is 57.0 Å². The quantitative estimate of drug-likeness (QED) is 0.493. The Morgan fingerprint density at radius 1 is 0.952 bits per heavy atom. The second-order valence-electron chi connectivity index (χ2n) is 6.05. The van der Waals surface area contributed by atoms with Crippen LogP contribution in [0.15, 0.2) is 0 Å². The molecule has 21 heavy (non-hydrogen) atoms. The van der Waals surface area contributed by atoms with Crippen molar-refractivity contribution in [3.8, 4) is 0 Å². The monoisotopic (exact) mass is 302 g/mol. The number of rotatable bonds is 14. The second-order valence-corrected chi connectivity index (χ2v) is 6.05. The molecule has 2 N–H and O–H groups in total. The van der Waals surface area contributed by atoms with Crippen molar-refractivity contribution >= 4 is 0 Å². The average molecular weight is 302 g/mol. The zero-order valence-corrected chi connectivity index (χ0v) is 13.9. The van der Waals surface area contributed by atoms with Crippen molar-refractivity contribution in [3.05, 3.63) is 0 Å². The van der Waals surface area contributed by atoms with Crippen LogP contribution in [0.3, 0.4) is 0 Å². The van der Waals surface area contributed by atoms with E-state index in [1.165, 1.54) is 19.3 Å². The van der Waals surface area contributed by atoms with Gasteiger partial charge in [-0.05, 0) is 32.2 Å². The number of unbranched alkanes of at least 4 members (excludes halogenated alkanes) is 1. The number of nitrogens with two attached hydrogens (primary N) is 1. The fourth-order valence-electron chi connectivity index (χ4n) is 2.48. The molecule has 0 radical (unpaired) electrons. The molecule has 0 aliphatic heterocycles. The van der Waals surface area contributed by atoms with Crippen LogP contribution in [0.4, 0.5) is 0 Å². The Hall–Kier alpha value is -0.200. The van der Waals surface area contributed by atoms with Crippen LogP contribution in [0, 0.1) is 5.92 Å². The Bertz CT molecular complexity index is 236. The van der Waals surface area contributed by atoms with Crippen molar-refractivity contribution < 1.29 is 14.2 Å². The maximum absolute atomic E-state index is 5.79. The van der Waals surface area contributed by atoms with Gasteiger partial charge in [-0.1, -0.05) is 13.3 Å². The Kier molecular flexibility index (Phi) is 11.1. The molecule has 0 saturated heterocycles. The highest BCUT2D eigenvalue weighted by Gasteiger charge is 2.26. The number of ether oxygens (including phenoxy) is 3. The van der Waals surface area contributed by atoms with E-state index in [0.717, 1.165) is 38.6 Å². The van der Waals surface area contributed by atoms with Crippen molar-refractivity contribution in [2.45, 2.75) is 38.6 Å². The van der Waals surface area contributed by atoms with Gasteiger partial charge in [0.05, 0.1) is 33.0 Å². The first-order chi connectivity index (χ1) is 10.2. The molecule has 5 nitrogen and oxygen atoms in total. The summed E-state index contributed by atoms with van der Waals surface area (Å²) in [5.74, 6) is 0.793. The number of hydrogen-bond donors (Lipinski definition) is 1. The van der Waals surface area contributed by atoms with Crippen molar-refractivity contribution in [1.82, 2.24) is 4.90 Å². The summed E-state index contributed by atoms with van der Waals surface area (Å²) in [5, 5.41) is 0. The maximum Gasteiger partial charge on any atom is 0.0701 e. The smallest absolute Gasteiger partial charge is 0.0701 e. The summed E-state index contributed by atoms with van der Waals surface area (Å²) in [5.41, 5.74) is 5.79. The molecule has 5 heteroatoms. The van der Waals surface area contributed by atoms with E-state index < -0.39 is 0 Å². The predicted octanol–water partition coefficient (Wildman–Crippen LogP) is 1.51. The summed E-state index contributed by atoms with van der Waals surface area (Å²) in [6, 6.07) is 0.447. The first-order valence-electron chi connectivity index (χ1n) is 8.39. The highest BCUT2D eigenvalue weighted by Crippen LogP contribution is 2.25. The van der Waals surface area contributed by atoms with Gasteiger partial charge in [0.25, 0.3) is 0 Å². The molecule has 0 unspecified atom stereocenters. The van der Waals surface area contributed by atoms with Crippen molar-refractivity contribution in [3.63, 3.8) is 0 Å². The Labute approximate surface area is 130 Å². The molecule has 1 aliphatic rings. The van der Waals surface area contributed by atoms with Gasteiger partial charge in [0.15, 0.2) is 0 Å². The third kappa shape index (κ3) is 10.2. The van der Waals surface area contributed by atoms with Crippen LogP contribution < -0.4 is 5.73 Å². The number of hydrogen-bond acceptors (Lipinski definition) is 5. The van der Waals surface area contributed by atoms with E-state index in [9.17, 15) is 0 Å². The molecule has 1 rings (SSSR count). The van der Waals surface area contributed by atoms with Crippen LogP contribution in [0.2, 0.25) is 0 Å². The van der Waals surface area contributed by atoms with Crippen LogP contribution in [-0.4, -0.2) is 70.7 Å². The van der Waals surface area contributed by atoms with Gasteiger partial charge in [-0.2, -0.15) is 0 Å². The fraction of sp³-hybridized carbons (Fsp3) is 1.00. The summed E-state index contributed by atoms with van der Waals surface area (Å²) in [6.07, 6.45) is 4.67. The van der Waals surface area contributed by atoms with Gasteiger partial charge in [0.2, 0.25) is 0 Å². The lowest BCUT2D eigenvalue weighted by Gasteiger charge is -2.35. The minimum atomic E-state index is 0.447. The van der Waals surface area contributed by atoms with Gasteiger partial charge in [-0.15, -0.1) is 0 Å². The zero-order valence-electron chi connectivity index (χ0n) is 13.9. The highest BCUT2D eigenvalue weighted by molar-refractivity contribution is 4.83. The molecule has 0 amide bonds. The normalized spacial score (nSPS) is 21.7. The molecule has 0 aromatic carbocycles. The van der Waals surface area contributed by atoms with Crippen LogP contribution >= 0.6 is 0 Å². The van der Waals surface area contributed by atoms with E-state index in [0.29, 0.717) is 32.5 Å². The molecule has 0 aromatic heterocycles. The molecule has 1 saturated carbocycles. The van der Waals surface area contributed by atoms with Crippen LogP contribution in [0.25, 0.3) is 0 Å². The minimum absolute atomic E-state index is 0.447. The van der Waals surface area contributed by atoms with Crippen LogP contribution in [0.5, 0.6) is 0 Å². The summed E-state index contributed by atoms with van der Waals surface area (Å²) < 4.78 is 16.4. The molecule has 0 bridgehead atoms. The predicted molar refractivity (Wildman–Crippen MR) is 85.6 cm³/mol. The van der Waals surface area contributed by atoms with Crippen LogP contribution in [0.1, 0.15) is 32.6 Å². The van der Waals surface area contributed by atoms with Gasteiger partial charge < -0.3 is 24.8 Å². The number of nitrogens with zero attached hydrogens (tertiary/aromatic N) is 1. The third-order valence-electron chi connectivity index (χ3n) is 3.85. The first-order valence-corrected chi connectivity index (χ1v) is 8.39. The molecule has 1 fully saturated rings. The van der Waals surface area contributed by atoms with Crippen molar-refractivity contribution in [1.29, 1.82) is 0 Å². The number of likely N-dealkylation sites (N-methyl/N-ethyl adjacent to an activating group) is 1. The molecule has 0 atom stereocenters. The lowest BCUT2D eigenvalue weighted by Crippen LogP contribution is -2.42.